The number of unbranched alkanes of at least 4 members (excludes halogenated alkanes) is 1. The number of benzene rings is 2. The number of anilines is 1. The van der Waals surface area contributed by atoms with Gasteiger partial charge in [-0.05, 0) is 49.2 Å². The van der Waals surface area contributed by atoms with Crippen LogP contribution in [0.25, 0.3) is 0 Å². The number of rotatable bonds is 10. The second kappa shape index (κ2) is 11.4. The van der Waals surface area contributed by atoms with Gasteiger partial charge < -0.3 is 15.5 Å². The molecule has 2 aromatic rings. The molecule has 0 atom stereocenters. The number of halogens is 1. The average Bonchev–Trinajstić information content (AvgIpc) is 2.68. The van der Waals surface area contributed by atoms with Crippen LogP contribution < -0.4 is 15.5 Å². The molecule has 0 saturated carbocycles. The van der Waals surface area contributed by atoms with E-state index in [1.807, 2.05) is 30.3 Å². The van der Waals surface area contributed by atoms with Crippen molar-refractivity contribution in [1.82, 2.24) is 10.6 Å². The Morgan fingerprint density at radius 3 is 2.33 bits per heavy atom. The molecule has 2 N–H and O–H groups in total. The SMILES string of the molecule is CN(CCCCNC(=O)CCNC(=O)c1ccc(Br)cc1)c1ccccc1. The second-order valence-corrected chi connectivity index (χ2v) is 7.24. The van der Waals surface area contributed by atoms with Gasteiger partial charge in [0, 0.05) is 48.8 Å². The maximum atomic E-state index is 12.0. The van der Waals surface area contributed by atoms with Crippen LogP contribution in [-0.2, 0) is 4.79 Å². The van der Waals surface area contributed by atoms with Crippen molar-refractivity contribution in [1.29, 1.82) is 0 Å². The van der Waals surface area contributed by atoms with Gasteiger partial charge in [-0.25, -0.2) is 0 Å². The van der Waals surface area contributed by atoms with E-state index in [-0.39, 0.29) is 18.2 Å². The monoisotopic (exact) mass is 431 g/mol. The van der Waals surface area contributed by atoms with Crippen LogP contribution in [0, 0.1) is 0 Å². The van der Waals surface area contributed by atoms with Crippen LogP contribution in [-0.4, -0.2) is 38.5 Å². The van der Waals surface area contributed by atoms with E-state index in [0.29, 0.717) is 18.7 Å². The predicted octanol–water partition coefficient (Wildman–Crippen LogP) is 3.60. The van der Waals surface area contributed by atoms with Gasteiger partial charge in [0.15, 0.2) is 0 Å². The van der Waals surface area contributed by atoms with E-state index in [9.17, 15) is 9.59 Å². The summed E-state index contributed by atoms with van der Waals surface area (Å²) in [5.41, 5.74) is 1.78. The fourth-order valence-corrected chi connectivity index (χ4v) is 2.86. The number of carbonyl (C=O) groups excluding carboxylic acids is 2. The van der Waals surface area contributed by atoms with Gasteiger partial charge in [0.05, 0.1) is 0 Å². The Hall–Kier alpha value is -2.34. The Morgan fingerprint density at radius 1 is 0.926 bits per heavy atom. The lowest BCUT2D eigenvalue weighted by Gasteiger charge is -2.19. The summed E-state index contributed by atoms with van der Waals surface area (Å²) in [5, 5.41) is 5.66. The quantitative estimate of drug-likeness (QED) is 0.564. The lowest BCUT2D eigenvalue weighted by molar-refractivity contribution is -0.120. The highest BCUT2D eigenvalue weighted by atomic mass is 79.9. The molecule has 0 fully saturated rings. The van der Waals surface area contributed by atoms with Crippen molar-refractivity contribution in [3.05, 3.63) is 64.6 Å². The van der Waals surface area contributed by atoms with Crippen molar-refractivity contribution < 1.29 is 9.59 Å². The molecule has 2 amide bonds. The van der Waals surface area contributed by atoms with Crippen LogP contribution >= 0.6 is 15.9 Å². The lowest BCUT2D eigenvalue weighted by atomic mass is 10.2. The minimum Gasteiger partial charge on any atom is -0.375 e. The molecule has 2 aromatic carbocycles. The zero-order valence-electron chi connectivity index (χ0n) is 15.6. The molecule has 0 aliphatic rings. The number of nitrogens with zero attached hydrogens (tertiary/aromatic N) is 1. The maximum absolute atomic E-state index is 12.0. The molecule has 0 spiro atoms. The Labute approximate surface area is 169 Å². The molecule has 0 unspecified atom stereocenters. The minimum absolute atomic E-state index is 0.0393. The summed E-state index contributed by atoms with van der Waals surface area (Å²) in [5.74, 6) is -0.207. The number of amides is 2. The van der Waals surface area contributed by atoms with Crippen LogP contribution in [0.1, 0.15) is 29.6 Å². The molecular formula is C21H26BrN3O2. The third-order valence-corrected chi connectivity index (χ3v) is 4.71. The normalized spacial score (nSPS) is 10.3. The molecule has 0 aromatic heterocycles. The van der Waals surface area contributed by atoms with Crippen LogP contribution in [0.2, 0.25) is 0 Å². The molecule has 144 valence electrons. The number of hydrogen-bond acceptors (Lipinski definition) is 3. The average molecular weight is 432 g/mol. The topological polar surface area (TPSA) is 61.4 Å². The number of nitrogens with one attached hydrogen (secondary N) is 2. The largest absolute Gasteiger partial charge is 0.375 e. The zero-order valence-corrected chi connectivity index (χ0v) is 17.2. The third kappa shape index (κ3) is 7.83. The summed E-state index contributed by atoms with van der Waals surface area (Å²) in [6.07, 6.45) is 2.21. The Kier molecular flexibility index (Phi) is 8.84. The van der Waals surface area contributed by atoms with Crippen molar-refractivity contribution in [3.63, 3.8) is 0 Å². The van der Waals surface area contributed by atoms with Crippen molar-refractivity contribution in [3.8, 4) is 0 Å². The minimum atomic E-state index is -0.167. The first-order valence-electron chi connectivity index (χ1n) is 9.13. The molecule has 0 aliphatic carbocycles. The summed E-state index contributed by atoms with van der Waals surface area (Å²) in [7, 11) is 2.07. The summed E-state index contributed by atoms with van der Waals surface area (Å²) in [4.78, 5) is 26.0. The van der Waals surface area contributed by atoms with Crippen molar-refractivity contribution in [2.75, 3.05) is 31.6 Å². The van der Waals surface area contributed by atoms with Gasteiger partial charge in [-0.1, -0.05) is 34.1 Å². The summed E-state index contributed by atoms with van der Waals surface area (Å²) in [6, 6.07) is 17.4. The van der Waals surface area contributed by atoms with Crippen molar-refractivity contribution in [2.24, 2.45) is 0 Å². The lowest BCUT2D eigenvalue weighted by Crippen LogP contribution is -2.31. The Morgan fingerprint density at radius 2 is 1.63 bits per heavy atom. The number of carbonyl (C=O) groups is 2. The highest BCUT2D eigenvalue weighted by Crippen LogP contribution is 2.11. The Balaban J connectivity index is 1.53. The fourth-order valence-electron chi connectivity index (χ4n) is 2.59. The van der Waals surface area contributed by atoms with Crippen LogP contribution in [0.4, 0.5) is 5.69 Å². The maximum Gasteiger partial charge on any atom is 0.251 e. The Bertz CT molecular complexity index is 720. The van der Waals surface area contributed by atoms with Gasteiger partial charge in [-0.3, -0.25) is 9.59 Å². The first-order chi connectivity index (χ1) is 13.1. The van der Waals surface area contributed by atoms with Gasteiger partial charge in [0.25, 0.3) is 5.91 Å². The van der Waals surface area contributed by atoms with Gasteiger partial charge >= 0.3 is 0 Å². The summed E-state index contributed by atoms with van der Waals surface area (Å²) < 4.78 is 0.924. The standard InChI is InChI=1S/C21H26BrN3O2/c1-25(19-7-3-2-4-8-19)16-6-5-14-23-20(26)13-15-24-21(27)17-9-11-18(22)12-10-17/h2-4,7-12H,5-6,13-16H2,1H3,(H,23,26)(H,24,27). The van der Waals surface area contributed by atoms with Crippen LogP contribution in [0.3, 0.4) is 0 Å². The first kappa shape index (κ1) is 21.0. The van der Waals surface area contributed by atoms with Crippen molar-refractivity contribution >= 4 is 33.4 Å². The first-order valence-corrected chi connectivity index (χ1v) is 9.92. The van der Waals surface area contributed by atoms with E-state index < -0.39 is 0 Å². The molecule has 0 radical (unpaired) electrons. The van der Waals surface area contributed by atoms with E-state index in [1.54, 1.807) is 12.1 Å². The van der Waals surface area contributed by atoms with Crippen LogP contribution in [0.5, 0.6) is 0 Å². The van der Waals surface area contributed by atoms with Gasteiger partial charge in [0.2, 0.25) is 5.91 Å². The molecule has 0 heterocycles. The smallest absolute Gasteiger partial charge is 0.251 e. The molecular weight excluding hydrogens is 406 g/mol. The molecule has 0 aliphatic heterocycles. The molecule has 27 heavy (non-hydrogen) atoms. The molecule has 0 bridgehead atoms. The van der Waals surface area contributed by atoms with E-state index in [1.165, 1.54) is 5.69 Å². The molecule has 0 saturated heterocycles. The summed E-state index contributed by atoms with van der Waals surface area (Å²) in [6.45, 7) is 1.93. The number of para-hydroxylation sites is 1. The third-order valence-electron chi connectivity index (χ3n) is 4.18. The van der Waals surface area contributed by atoms with E-state index >= 15 is 0 Å². The van der Waals surface area contributed by atoms with Crippen molar-refractivity contribution in [2.45, 2.75) is 19.3 Å². The highest BCUT2D eigenvalue weighted by molar-refractivity contribution is 9.10. The predicted molar refractivity (Wildman–Crippen MR) is 113 cm³/mol. The van der Waals surface area contributed by atoms with E-state index in [2.05, 4.69) is 50.6 Å². The van der Waals surface area contributed by atoms with Gasteiger partial charge in [-0.2, -0.15) is 0 Å². The molecule has 6 heteroatoms. The van der Waals surface area contributed by atoms with E-state index in [4.69, 9.17) is 0 Å². The van der Waals surface area contributed by atoms with Gasteiger partial charge in [-0.15, -0.1) is 0 Å². The molecule has 5 nitrogen and oxygen atoms in total. The fraction of sp³-hybridized carbons (Fsp3) is 0.333. The summed E-state index contributed by atoms with van der Waals surface area (Å²) >= 11 is 3.33. The van der Waals surface area contributed by atoms with E-state index in [0.717, 1.165) is 23.9 Å². The van der Waals surface area contributed by atoms with Crippen LogP contribution in [0.15, 0.2) is 59.1 Å². The zero-order chi connectivity index (χ0) is 19.5. The molecule has 2 rings (SSSR count). The highest BCUT2D eigenvalue weighted by Gasteiger charge is 2.06. The van der Waals surface area contributed by atoms with Gasteiger partial charge in [0.1, 0.15) is 0 Å². The second-order valence-electron chi connectivity index (χ2n) is 6.33. The number of hydrogen-bond donors (Lipinski definition) is 2.